The molecule has 1 aromatic carbocycles. The number of nitrogens with one attached hydrogen (secondary N) is 1. The topological polar surface area (TPSA) is 80.5 Å². The zero-order chi connectivity index (χ0) is 18.7. The van der Waals surface area contributed by atoms with Crippen molar-refractivity contribution in [3.63, 3.8) is 0 Å². The molecule has 1 aromatic heterocycles. The van der Waals surface area contributed by atoms with Crippen molar-refractivity contribution in [1.82, 2.24) is 9.88 Å². The Bertz CT molecular complexity index is 773. The van der Waals surface area contributed by atoms with Crippen LogP contribution in [-0.2, 0) is 0 Å². The van der Waals surface area contributed by atoms with E-state index in [4.69, 9.17) is 5.73 Å². The third-order valence-corrected chi connectivity index (χ3v) is 4.86. The van der Waals surface area contributed by atoms with Crippen molar-refractivity contribution in [3.05, 3.63) is 30.5 Å². The summed E-state index contributed by atoms with van der Waals surface area (Å²) in [7, 11) is 0. The van der Waals surface area contributed by atoms with Crippen LogP contribution in [0.1, 0.15) is 12.8 Å². The largest absolute Gasteiger partial charge is 0.573 e. The third-order valence-electron chi connectivity index (χ3n) is 3.90. The summed E-state index contributed by atoms with van der Waals surface area (Å²) >= 11 is 1.17. The number of thiazole rings is 1. The SMILES string of the molecule is NC1CCN(C(=O)Nc2ncc(-c3cccc(OC(F)(F)F)c3)s2)CC1. The van der Waals surface area contributed by atoms with Crippen LogP contribution in [0.25, 0.3) is 10.4 Å². The predicted molar refractivity (Wildman–Crippen MR) is 92.0 cm³/mol. The highest BCUT2D eigenvalue weighted by molar-refractivity contribution is 7.19. The number of hydrogen-bond donors (Lipinski definition) is 2. The van der Waals surface area contributed by atoms with E-state index in [2.05, 4.69) is 15.0 Å². The summed E-state index contributed by atoms with van der Waals surface area (Å²) in [4.78, 5) is 18.6. The van der Waals surface area contributed by atoms with E-state index in [0.29, 0.717) is 28.7 Å². The highest BCUT2D eigenvalue weighted by atomic mass is 32.1. The molecule has 26 heavy (non-hydrogen) atoms. The molecule has 10 heteroatoms. The first-order valence-electron chi connectivity index (χ1n) is 7.94. The van der Waals surface area contributed by atoms with Crippen LogP contribution in [0.15, 0.2) is 30.5 Å². The lowest BCUT2D eigenvalue weighted by atomic mass is 10.1. The average molecular weight is 386 g/mol. The van der Waals surface area contributed by atoms with Crippen LogP contribution in [0.3, 0.4) is 0 Å². The number of nitrogens with two attached hydrogens (primary N) is 1. The van der Waals surface area contributed by atoms with E-state index in [1.54, 1.807) is 11.0 Å². The van der Waals surface area contributed by atoms with Crippen LogP contribution in [0.4, 0.5) is 23.1 Å². The molecule has 1 aliphatic rings. The van der Waals surface area contributed by atoms with Crippen LogP contribution >= 0.6 is 11.3 Å². The number of benzene rings is 1. The molecular formula is C16H17F3N4O2S. The molecule has 6 nitrogen and oxygen atoms in total. The van der Waals surface area contributed by atoms with Crippen molar-refractivity contribution in [2.24, 2.45) is 5.73 Å². The molecule has 0 bridgehead atoms. The number of piperidine rings is 1. The van der Waals surface area contributed by atoms with Gasteiger partial charge in [0, 0.05) is 25.3 Å². The number of halogens is 3. The molecular weight excluding hydrogens is 369 g/mol. The van der Waals surface area contributed by atoms with Crippen molar-refractivity contribution >= 4 is 22.5 Å². The van der Waals surface area contributed by atoms with Gasteiger partial charge in [0.05, 0.1) is 4.88 Å². The van der Waals surface area contributed by atoms with E-state index in [1.165, 1.54) is 35.7 Å². The van der Waals surface area contributed by atoms with E-state index >= 15 is 0 Å². The van der Waals surface area contributed by atoms with Crippen molar-refractivity contribution in [2.75, 3.05) is 18.4 Å². The fourth-order valence-electron chi connectivity index (χ4n) is 2.58. The Balaban J connectivity index is 1.66. The molecule has 0 aliphatic carbocycles. The minimum atomic E-state index is -4.75. The number of hydrogen-bond acceptors (Lipinski definition) is 5. The normalized spacial score (nSPS) is 15.8. The number of nitrogens with zero attached hydrogens (tertiary/aromatic N) is 2. The van der Waals surface area contributed by atoms with Gasteiger partial charge < -0.3 is 15.4 Å². The number of ether oxygens (including phenoxy) is 1. The Kier molecular flexibility index (Phi) is 5.33. The molecule has 1 aliphatic heterocycles. The zero-order valence-corrected chi connectivity index (χ0v) is 14.4. The summed E-state index contributed by atoms with van der Waals surface area (Å²) < 4.78 is 40.9. The molecule has 2 amide bonds. The minimum Gasteiger partial charge on any atom is -0.406 e. The summed E-state index contributed by atoms with van der Waals surface area (Å²) in [5.74, 6) is -0.307. The second-order valence-corrected chi connectivity index (χ2v) is 6.89. The van der Waals surface area contributed by atoms with Crippen LogP contribution in [0.2, 0.25) is 0 Å². The number of rotatable bonds is 3. The van der Waals surface area contributed by atoms with Gasteiger partial charge in [0.25, 0.3) is 0 Å². The first-order valence-corrected chi connectivity index (χ1v) is 8.75. The second kappa shape index (κ2) is 7.50. The van der Waals surface area contributed by atoms with E-state index in [-0.39, 0.29) is 17.8 Å². The van der Waals surface area contributed by atoms with Crippen molar-refractivity contribution in [2.45, 2.75) is 25.2 Å². The first-order chi connectivity index (χ1) is 12.3. The predicted octanol–water partition coefficient (Wildman–Crippen LogP) is 3.66. The van der Waals surface area contributed by atoms with Gasteiger partial charge in [-0.15, -0.1) is 13.2 Å². The summed E-state index contributed by atoms with van der Waals surface area (Å²) in [5.41, 5.74) is 6.34. The standard InChI is InChI=1S/C16H17F3N4O2S/c17-16(18,19)25-12-3-1-2-10(8-12)13-9-21-14(26-13)22-15(24)23-6-4-11(20)5-7-23/h1-3,8-9,11H,4-7,20H2,(H,21,22,24). The van der Waals surface area contributed by atoms with E-state index < -0.39 is 6.36 Å². The Labute approximate surface area is 151 Å². The van der Waals surface area contributed by atoms with Crippen molar-refractivity contribution in [3.8, 4) is 16.2 Å². The van der Waals surface area contributed by atoms with Gasteiger partial charge in [0.1, 0.15) is 5.75 Å². The van der Waals surface area contributed by atoms with E-state index in [9.17, 15) is 18.0 Å². The fraction of sp³-hybridized carbons (Fsp3) is 0.375. The fourth-order valence-corrected chi connectivity index (χ4v) is 3.39. The van der Waals surface area contributed by atoms with Crippen molar-refractivity contribution < 1.29 is 22.7 Å². The summed E-state index contributed by atoms with van der Waals surface area (Å²) in [6.07, 6.45) is -1.74. The maximum Gasteiger partial charge on any atom is 0.573 e. The number of aromatic nitrogens is 1. The summed E-state index contributed by atoms with van der Waals surface area (Å²) in [6, 6.07) is 5.48. The summed E-state index contributed by atoms with van der Waals surface area (Å²) in [5, 5.41) is 3.09. The van der Waals surface area contributed by atoms with Crippen LogP contribution in [0.5, 0.6) is 5.75 Å². The molecule has 0 saturated carbocycles. The molecule has 3 rings (SSSR count). The number of likely N-dealkylation sites (tertiary alicyclic amines) is 1. The number of carbonyl (C=O) groups is 1. The Morgan fingerprint density at radius 1 is 1.35 bits per heavy atom. The van der Waals surface area contributed by atoms with Gasteiger partial charge in [-0.05, 0) is 30.5 Å². The van der Waals surface area contributed by atoms with Crippen LogP contribution in [-0.4, -0.2) is 41.4 Å². The van der Waals surface area contributed by atoms with Gasteiger partial charge in [0.2, 0.25) is 0 Å². The molecule has 2 heterocycles. The number of alkyl halides is 3. The maximum atomic E-state index is 12.3. The Hall–Kier alpha value is -2.33. The lowest BCUT2D eigenvalue weighted by molar-refractivity contribution is -0.274. The molecule has 2 aromatic rings. The molecule has 3 N–H and O–H groups in total. The zero-order valence-electron chi connectivity index (χ0n) is 13.6. The molecule has 0 radical (unpaired) electrons. The molecule has 0 atom stereocenters. The van der Waals surface area contributed by atoms with Gasteiger partial charge in [-0.25, -0.2) is 9.78 Å². The van der Waals surface area contributed by atoms with Crippen molar-refractivity contribution in [1.29, 1.82) is 0 Å². The van der Waals surface area contributed by atoms with Gasteiger partial charge in [-0.1, -0.05) is 23.5 Å². The van der Waals surface area contributed by atoms with Gasteiger partial charge in [-0.2, -0.15) is 0 Å². The quantitative estimate of drug-likeness (QED) is 0.844. The van der Waals surface area contributed by atoms with Gasteiger partial charge in [0.15, 0.2) is 5.13 Å². The Morgan fingerprint density at radius 3 is 2.77 bits per heavy atom. The maximum absolute atomic E-state index is 12.3. The molecule has 1 saturated heterocycles. The first kappa shape index (κ1) is 18.5. The second-order valence-electron chi connectivity index (χ2n) is 5.86. The monoisotopic (exact) mass is 386 g/mol. The molecule has 140 valence electrons. The van der Waals surface area contributed by atoms with E-state index in [1.807, 2.05) is 0 Å². The van der Waals surface area contributed by atoms with Crippen LogP contribution < -0.4 is 15.8 Å². The third kappa shape index (κ3) is 4.85. The number of urea groups is 1. The molecule has 0 spiro atoms. The number of amides is 2. The highest BCUT2D eigenvalue weighted by Gasteiger charge is 2.31. The van der Waals surface area contributed by atoms with Crippen LogP contribution in [0, 0.1) is 0 Å². The molecule has 0 unspecified atom stereocenters. The van der Waals surface area contributed by atoms with Gasteiger partial charge >= 0.3 is 12.4 Å². The average Bonchev–Trinajstić information content (AvgIpc) is 3.02. The highest BCUT2D eigenvalue weighted by Crippen LogP contribution is 2.32. The molecule has 1 fully saturated rings. The Morgan fingerprint density at radius 2 is 2.08 bits per heavy atom. The number of anilines is 1. The minimum absolute atomic E-state index is 0.122. The van der Waals surface area contributed by atoms with Gasteiger partial charge in [-0.3, -0.25) is 5.32 Å². The summed E-state index contributed by atoms with van der Waals surface area (Å²) in [6.45, 7) is 1.17. The van der Waals surface area contributed by atoms with E-state index in [0.717, 1.165) is 12.8 Å². The smallest absolute Gasteiger partial charge is 0.406 e. The lowest BCUT2D eigenvalue weighted by Crippen LogP contribution is -2.44. The number of carbonyl (C=O) groups excluding carboxylic acids is 1. The lowest BCUT2D eigenvalue weighted by Gasteiger charge is -2.29.